The molecule has 1 aromatic rings. The zero-order chi connectivity index (χ0) is 11.5. The lowest BCUT2D eigenvalue weighted by Gasteiger charge is -2.22. The largest absolute Gasteiger partial charge is 0.381 e. The zero-order valence-corrected chi connectivity index (χ0v) is 11.0. The summed E-state index contributed by atoms with van der Waals surface area (Å²) in [5.74, 6) is 6.12. The van der Waals surface area contributed by atoms with Gasteiger partial charge in [0.1, 0.15) is 0 Å². The molecule has 1 aliphatic heterocycles. The van der Waals surface area contributed by atoms with Gasteiger partial charge in [-0.1, -0.05) is 28.1 Å². The molecule has 1 fully saturated rings. The Bertz CT molecular complexity index is 364. The molecule has 3 N–H and O–H groups in total. The van der Waals surface area contributed by atoms with Crippen molar-refractivity contribution in [1.29, 1.82) is 0 Å². The van der Waals surface area contributed by atoms with Crippen molar-refractivity contribution in [3.8, 4) is 0 Å². The molecule has 2 rings (SSSR count). The number of hydrazine groups is 1. The standard InChI is InChI=1S/C12H17BrN2O/c1-8-2-3-9(6-11(8)13)12(15-14)10-4-5-16-7-10/h2-3,6,10,12,15H,4-5,7,14H2,1H3. The summed E-state index contributed by atoms with van der Waals surface area (Å²) in [7, 11) is 0. The van der Waals surface area contributed by atoms with Crippen molar-refractivity contribution < 1.29 is 4.74 Å². The summed E-state index contributed by atoms with van der Waals surface area (Å²) in [6, 6.07) is 6.56. The van der Waals surface area contributed by atoms with Gasteiger partial charge >= 0.3 is 0 Å². The van der Waals surface area contributed by atoms with Gasteiger partial charge in [-0.3, -0.25) is 11.3 Å². The quantitative estimate of drug-likeness (QED) is 0.661. The average Bonchev–Trinajstić information content (AvgIpc) is 2.78. The van der Waals surface area contributed by atoms with E-state index in [2.05, 4.69) is 46.5 Å². The molecule has 3 nitrogen and oxygen atoms in total. The summed E-state index contributed by atoms with van der Waals surface area (Å²) in [5, 5.41) is 0. The second-order valence-electron chi connectivity index (χ2n) is 4.28. The maximum Gasteiger partial charge on any atom is 0.0513 e. The fourth-order valence-electron chi connectivity index (χ4n) is 2.12. The van der Waals surface area contributed by atoms with E-state index in [-0.39, 0.29) is 6.04 Å². The number of halogens is 1. The summed E-state index contributed by atoms with van der Waals surface area (Å²) in [4.78, 5) is 0. The molecule has 1 saturated heterocycles. The van der Waals surface area contributed by atoms with Crippen LogP contribution in [0.5, 0.6) is 0 Å². The summed E-state index contributed by atoms with van der Waals surface area (Å²) in [5.41, 5.74) is 5.36. The van der Waals surface area contributed by atoms with Crippen molar-refractivity contribution in [1.82, 2.24) is 5.43 Å². The van der Waals surface area contributed by atoms with E-state index in [0.717, 1.165) is 24.1 Å². The SMILES string of the molecule is Cc1ccc(C(NN)C2CCOC2)cc1Br. The van der Waals surface area contributed by atoms with E-state index >= 15 is 0 Å². The maximum absolute atomic E-state index is 5.65. The molecule has 1 aromatic carbocycles. The molecule has 88 valence electrons. The molecule has 0 bridgehead atoms. The molecule has 4 heteroatoms. The molecular formula is C12H17BrN2O. The molecule has 0 saturated carbocycles. The van der Waals surface area contributed by atoms with Crippen LogP contribution in [0.15, 0.2) is 22.7 Å². The highest BCUT2D eigenvalue weighted by Gasteiger charge is 2.26. The van der Waals surface area contributed by atoms with Crippen LogP contribution in [-0.4, -0.2) is 13.2 Å². The van der Waals surface area contributed by atoms with Crippen LogP contribution in [0.25, 0.3) is 0 Å². The molecular weight excluding hydrogens is 268 g/mol. The van der Waals surface area contributed by atoms with Crippen LogP contribution in [0.2, 0.25) is 0 Å². The molecule has 0 aliphatic carbocycles. The molecule has 0 aromatic heterocycles. The summed E-state index contributed by atoms with van der Waals surface area (Å²) >= 11 is 3.55. The van der Waals surface area contributed by atoms with E-state index in [9.17, 15) is 0 Å². The van der Waals surface area contributed by atoms with Crippen LogP contribution < -0.4 is 11.3 Å². The van der Waals surface area contributed by atoms with E-state index in [0.29, 0.717) is 5.92 Å². The van der Waals surface area contributed by atoms with Gasteiger partial charge in [-0.05, 0) is 30.5 Å². The first kappa shape index (κ1) is 12.0. The molecule has 1 heterocycles. The first-order chi connectivity index (χ1) is 7.72. The van der Waals surface area contributed by atoms with Gasteiger partial charge in [0, 0.05) is 17.0 Å². The van der Waals surface area contributed by atoms with E-state index in [1.54, 1.807) is 0 Å². The van der Waals surface area contributed by atoms with E-state index in [1.165, 1.54) is 11.1 Å². The number of benzene rings is 1. The van der Waals surface area contributed by atoms with Crippen molar-refractivity contribution in [3.63, 3.8) is 0 Å². The van der Waals surface area contributed by atoms with Crippen molar-refractivity contribution in [2.75, 3.05) is 13.2 Å². The molecule has 2 unspecified atom stereocenters. The van der Waals surface area contributed by atoms with Crippen LogP contribution >= 0.6 is 15.9 Å². The zero-order valence-electron chi connectivity index (χ0n) is 9.37. The smallest absolute Gasteiger partial charge is 0.0513 e. The van der Waals surface area contributed by atoms with Gasteiger partial charge in [0.25, 0.3) is 0 Å². The second kappa shape index (κ2) is 5.27. The Balaban J connectivity index is 2.22. The predicted octanol–water partition coefficient (Wildman–Crippen LogP) is 2.30. The first-order valence-electron chi connectivity index (χ1n) is 5.52. The lowest BCUT2D eigenvalue weighted by Crippen LogP contribution is -2.33. The summed E-state index contributed by atoms with van der Waals surface area (Å²) in [6.07, 6.45) is 1.07. The minimum Gasteiger partial charge on any atom is -0.381 e. The fourth-order valence-corrected chi connectivity index (χ4v) is 2.52. The molecule has 1 aliphatic rings. The second-order valence-corrected chi connectivity index (χ2v) is 5.13. The van der Waals surface area contributed by atoms with E-state index in [4.69, 9.17) is 10.6 Å². The number of rotatable bonds is 3. The maximum atomic E-state index is 5.65. The lowest BCUT2D eigenvalue weighted by molar-refractivity contribution is 0.177. The number of hydrogen-bond donors (Lipinski definition) is 2. The summed E-state index contributed by atoms with van der Waals surface area (Å²) in [6.45, 7) is 3.72. The molecule has 0 spiro atoms. The normalized spacial score (nSPS) is 22.3. The van der Waals surface area contributed by atoms with Gasteiger partial charge in [0.05, 0.1) is 12.6 Å². The molecule has 16 heavy (non-hydrogen) atoms. The molecule has 2 atom stereocenters. The number of hydrogen-bond acceptors (Lipinski definition) is 3. The molecule has 0 radical (unpaired) electrons. The topological polar surface area (TPSA) is 47.3 Å². The Morgan fingerprint density at radius 3 is 2.94 bits per heavy atom. The van der Waals surface area contributed by atoms with Crippen molar-refractivity contribution in [3.05, 3.63) is 33.8 Å². The van der Waals surface area contributed by atoms with Crippen LogP contribution in [0.4, 0.5) is 0 Å². The fraction of sp³-hybridized carbons (Fsp3) is 0.500. The minimum absolute atomic E-state index is 0.180. The minimum atomic E-state index is 0.180. The summed E-state index contributed by atoms with van der Waals surface area (Å²) < 4.78 is 6.54. The Labute approximate surface area is 104 Å². The van der Waals surface area contributed by atoms with Crippen molar-refractivity contribution in [2.45, 2.75) is 19.4 Å². The van der Waals surface area contributed by atoms with Crippen LogP contribution in [-0.2, 0) is 4.74 Å². The number of nitrogens with one attached hydrogen (secondary N) is 1. The van der Waals surface area contributed by atoms with Gasteiger partial charge < -0.3 is 4.74 Å². The van der Waals surface area contributed by atoms with Crippen LogP contribution in [0.3, 0.4) is 0 Å². The highest BCUT2D eigenvalue weighted by atomic mass is 79.9. The van der Waals surface area contributed by atoms with Crippen LogP contribution in [0.1, 0.15) is 23.6 Å². The van der Waals surface area contributed by atoms with Gasteiger partial charge in [0.2, 0.25) is 0 Å². The number of ether oxygens (including phenoxy) is 1. The van der Waals surface area contributed by atoms with Crippen molar-refractivity contribution in [2.24, 2.45) is 11.8 Å². The third-order valence-electron chi connectivity index (χ3n) is 3.17. The first-order valence-corrected chi connectivity index (χ1v) is 6.31. The monoisotopic (exact) mass is 284 g/mol. The van der Waals surface area contributed by atoms with Gasteiger partial charge in [-0.25, -0.2) is 0 Å². The molecule has 0 amide bonds. The highest BCUT2D eigenvalue weighted by Crippen LogP contribution is 2.30. The van der Waals surface area contributed by atoms with Crippen molar-refractivity contribution >= 4 is 15.9 Å². The van der Waals surface area contributed by atoms with Gasteiger partial charge in [-0.2, -0.15) is 0 Å². The van der Waals surface area contributed by atoms with E-state index in [1.807, 2.05) is 0 Å². The van der Waals surface area contributed by atoms with E-state index < -0.39 is 0 Å². The average molecular weight is 285 g/mol. The highest BCUT2D eigenvalue weighted by molar-refractivity contribution is 9.10. The Morgan fingerprint density at radius 1 is 1.56 bits per heavy atom. The van der Waals surface area contributed by atoms with Gasteiger partial charge in [0.15, 0.2) is 0 Å². The third kappa shape index (κ3) is 2.46. The Morgan fingerprint density at radius 2 is 2.38 bits per heavy atom. The number of nitrogens with two attached hydrogens (primary N) is 1. The predicted molar refractivity (Wildman–Crippen MR) is 67.9 cm³/mol. The Hall–Kier alpha value is -0.420. The lowest BCUT2D eigenvalue weighted by atomic mass is 9.92. The van der Waals surface area contributed by atoms with Crippen LogP contribution in [0, 0.1) is 12.8 Å². The third-order valence-corrected chi connectivity index (χ3v) is 4.03. The number of aryl methyl sites for hydroxylation is 1. The Kier molecular flexibility index (Phi) is 3.97. The van der Waals surface area contributed by atoms with Gasteiger partial charge in [-0.15, -0.1) is 0 Å².